The minimum absolute atomic E-state index is 0.198. The maximum Gasteiger partial charge on any atom is 0.418 e. The molecule has 0 aromatic heterocycles. The number of hydrogen-bond donors (Lipinski definition) is 2. The van der Waals surface area contributed by atoms with Crippen LogP contribution in [0.1, 0.15) is 12.5 Å². The Balaban J connectivity index is 2.38. The summed E-state index contributed by atoms with van der Waals surface area (Å²) in [5, 5.41) is 2.66. The monoisotopic (exact) mass is 273 g/mol. The Labute approximate surface area is 108 Å². The summed E-state index contributed by atoms with van der Waals surface area (Å²) in [4.78, 5) is 13.2. The number of nitrogens with two attached hydrogens (primary N) is 1. The maximum absolute atomic E-state index is 12.8. The molecule has 1 atom stereocenters. The van der Waals surface area contributed by atoms with Crippen molar-refractivity contribution in [2.45, 2.75) is 19.1 Å². The third-order valence-corrected chi connectivity index (χ3v) is 3.17. The van der Waals surface area contributed by atoms with Gasteiger partial charge in [0.15, 0.2) is 0 Å². The molecule has 1 heterocycles. The number of piperazine rings is 1. The summed E-state index contributed by atoms with van der Waals surface area (Å²) in [6.45, 7) is 2.53. The second kappa shape index (κ2) is 4.64. The van der Waals surface area contributed by atoms with Crippen LogP contribution in [0.5, 0.6) is 0 Å². The molecule has 0 saturated carbocycles. The molecular formula is C12H14F3N3O. The number of alkyl halides is 3. The van der Waals surface area contributed by atoms with Gasteiger partial charge in [-0.2, -0.15) is 13.2 Å². The molecule has 19 heavy (non-hydrogen) atoms. The van der Waals surface area contributed by atoms with Gasteiger partial charge < -0.3 is 16.0 Å². The Hall–Kier alpha value is -1.92. The van der Waals surface area contributed by atoms with Crippen LogP contribution in [0.4, 0.5) is 24.5 Å². The lowest BCUT2D eigenvalue weighted by atomic mass is 10.1. The molecule has 0 bridgehead atoms. The predicted molar refractivity (Wildman–Crippen MR) is 65.7 cm³/mol. The summed E-state index contributed by atoms with van der Waals surface area (Å²) in [7, 11) is 0. The first-order valence-electron chi connectivity index (χ1n) is 5.82. The first-order chi connectivity index (χ1) is 8.80. The molecule has 1 fully saturated rings. The molecule has 1 amide bonds. The predicted octanol–water partition coefficient (Wildman–Crippen LogP) is 1.61. The number of rotatable bonds is 1. The highest BCUT2D eigenvalue weighted by Gasteiger charge is 2.34. The summed E-state index contributed by atoms with van der Waals surface area (Å²) >= 11 is 0. The third-order valence-electron chi connectivity index (χ3n) is 3.17. The number of halogens is 3. The minimum Gasteiger partial charge on any atom is -0.398 e. The van der Waals surface area contributed by atoms with Gasteiger partial charge in [-0.05, 0) is 25.1 Å². The van der Waals surface area contributed by atoms with Crippen LogP contribution in [-0.4, -0.2) is 25.0 Å². The van der Waals surface area contributed by atoms with Gasteiger partial charge in [0.05, 0.1) is 5.56 Å². The summed E-state index contributed by atoms with van der Waals surface area (Å²) in [5.41, 5.74) is 4.51. The van der Waals surface area contributed by atoms with Crippen molar-refractivity contribution in [2.24, 2.45) is 0 Å². The van der Waals surface area contributed by atoms with Crippen molar-refractivity contribution in [3.63, 3.8) is 0 Å². The van der Waals surface area contributed by atoms with Gasteiger partial charge in [0.2, 0.25) is 5.91 Å². The second-order valence-corrected chi connectivity index (χ2v) is 4.43. The van der Waals surface area contributed by atoms with Crippen LogP contribution in [-0.2, 0) is 11.0 Å². The molecule has 104 valence electrons. The molecule has 1 aromatic carbocycles. The lowest BCUT2D eigenvalue weighted by Crippen LogP contribution is -2.54. The quantitative estimate of drug-likeness (QED) is 0.764. The standard InChI is InChI=1S/C12H14F3N3O/c1-7-11(19)17-4-5-18(7)8-2-3-10(16)9(6-8)12(13,14)15/h2-3,6-7H,4-5,16H2,1H3,(H,17,19). The van der Waals surface area contributed by atoms with Crippen LogP contribution in [0, 0.1) is 0 Å². The Morgan fingerprint density at radius 1 is 1.42 bits per heavy atom. The highest BCUT2D eigenvalue weighted by atomic mass is 19.4. The number of carbonyl (C=O) groups excluding carboxylic acids is 1. The zero-order chi connectivity index (χ0) is 14.2. The van der Waals surface area contributed by atoms with Crippen molar-refractivity contribution < 1.29 is 18.0 Å². The number of carbonyl (C=O) groups is 1. The van der Waals surface area contributed by atoms with Crippen molar-refractivity contribution in [1.29, 1.82) is 0 Å². The summed E-state index contributed by atoms with van der Waals surface area (Å²) < 4.78 is 38.4. The highest BCUT2D eigenvalue weighted by molar-refractivity contribution is 5.86. The largest absolute Gasteiger partial charge is 0.418 e. The van der Waals surface area contributed by atoms with E-state index in [0.29, 0.717) is 18.8 Å². The van der Waals surface area contributed by atoms with Gasteiger partial charge in [-0.1, -0.05) is 0 Å². The number of nitrogen functional groups attached to an aromatic ring is 1. The molecular weight excluding hydrogens is 259 g/mol. The molecule has 1 unspecified atom stereocenters. The number of nitrogens with zero attached hydrogens (tertiary/aromatic N) is 1. The van der Waals surface area contributed by atoms with Gasteiger partial charge in [0.1, 0.15) is 6.04 Å². The van der Waals surface area contributed by atoms with Gasteiger partial charge >= 0.3 is 6.18 Å². The zero-order valence-corrected chi connectivity index (χ0v) is 10.3. The van der Waals surface area contributed by atoms with E-state index in [-0.39, 0.29) is 11.6 Å². The molecule has 2 rings (SSSR count). The second-order valence-electron chi connectivity index (χ2n) is 4.43. The first-order valence-corrected chi connectivity index (χ1v) is 5.82. The van der Waals surface area contributed by atoms with E-state index >= 15 is 0 Å². The minimum atomic E-state index is -4.50. The van der Waals surface area contributed by atoms with Crippen molar-refractivity contribution in [2.75, 3.05) is 23.7 Å². The fraction of sp³-hybridized carbons (Fsp3) is 0.417. The summed E-state index contributed by atoms with van der Waals surface area (Å²) in [6, 6.07) is 3.21. The molecule has 1 saturated heterocycles. The van der Waals surface area contributed by atoms with E-state index in [2.05, 4.69) is 5.32 Å². The van der Waals surface area contributed by atoms with Crippen LogP contribution in [0.2, 0.25) is 0 Å². The van der Waals surface area contributed by atoms with Crippen molar-refractivity contribution in [3.05, 3.63) is 23.8 Å². The Bertz CT molecular complexity index is 501. The van der Waals surface area contributed by atoms with E-state index < -0.39 is 17.8 Å². The fourth-order valence-electron chi connectivity index (χ4n) is 2.10. The van der Waals surface area contributed by atoms with Crippen molar-refractivity contribution in [3.8, 4) is 0 Å². The lowest BCUT2D eigenvalue weighted by Gasteiger charge is -2.35. The Kier molecular flexibility index (Phi) is 3.30. The number of anilines is 2. The number of nitrogens with one attached hydrogen (secondary N) is 1. The van der Waals surface area contributed by atoms with Crippen LogP contribution in [0.15, 0.2) is 18.2 Å². The van der Waals surface area contributed by atoms with E-state index in [1.165, 1.54) is 12.1 Å². The molecule has 3 N–H and O–H groups in total. The fourth-order valence-corrected chi connectivity index (χ4v) is 2.10. The third kappa shape index (κ3) is 2.59. The molecule has 1 aliphatic rings. The van der Waals surface area contributed by atoms with E-state index in [4.69, 9.17) is 5.73 Å². The Morgan fingerprint density at radius 2 is 2.11 bits per heavy atom. The van der Waals surface area contributed by atoms with Crippen LogP contribution < -0.4 is 16.0 Å². The molecule has 4 nitrogen and oxygen atoms in total. The summed E-state index contributed by atoms with van der Waals surface area (Å²) in [6.07, 6.45) is -4.50. The van der Waals surface area contributed by atoms with Gasteiger partial charge in [-0.25, -0.2) is 0 Å². The number of amides is 1. The zero-order valence-electron chi connectivity index (χ0n) is 10.3. The molecule has 0 spiro atoms. The maximum atomic E-state index is 12.8. The van der Waals surface area contributed by atoms with E-state index in [0.717, 1.165) is 6.07 Å². The van der Waals surface area contributed by atoms with E-state index in [1.807, 2.05) is 0 Å². The van der Waals surface area contributed by atoms with Gasteiger partial charge in [-0.3, -0.25) is 4.79 Å². The van der Waals surface area contributed by atoms with Gasteiger partial charge in [0, 0.05) is 24.5 Å². The van der Waals surface area contributed by atoms with E-state index in [1.54, 1.807) is 11.8 Å². The molecule has 7 heteroatoms. The number of hydrogen-bond acceptors (Lipinski definition) is 3. The number of benzene rings is 1. The average molecular weight is 273 g/mol. The topological polar surface area (TPSA) is 58.4 Å². The van der Waals surface area contributed by atoms with Crippen LogP contribution in [0.3, 0.4) is 0 Å². The van der Waals surface area contributed by atoms with Crippen LogP contribution >= 0.6 is 0 Å². The first kappa shape index (κ1) is 13.5. The highest BCUT2D eigenvalue weighted by Crippen LogP contribution is 2.36. The molecule has 0 radical (unpaired) electrons. The smallest absolute Gasteiger partial charge is 0.398 e. The van der Waals surface area contributed by atoms with Crippen molar-refractivity contribution in [1.82, 2.24) is 5.32 Å². The van der Waals surface area contributed by atoms with Crippen LogP contribution in [0.25, 0.3) is 0 Å². The lowest BCUT2D eigenvalue weighted by molar-refractivity contribution is -0.136. The van der Waals surface area contributed by atoms with Gasteiger partial charge in [0.25, 0.3) is 0 Å². The van der Waals surface area contributed by atoms with E-state index in [9.17, 15) is 18.0 Å². The van der Waals surface area contributed by atoms with Gasteiger partial charge in [-0.15, -0.1) is 0 Å². The summed E-state index contributed by atoms with van der Waals surface area (Å²) in [5.74, 6) is -0.198. The Morgan fingerprint density at radius 3 is 2.74 bits per heavy atom. The molecule has 1 aromatic rings. The SMILES string of the molecule is CC1C(=O)NCCN1c1ccc(N)c(C(F)(F)F)c1. The van der Waals surface area contributed by atoms with Crippen molar-refractivity contribution >= 4 is 17.3 Å². The molecule has 0 aliphatic carbocycles. The molecule has 1 aliphatic heterocycles. The normalized spacial score (nSPS) is 20.3. The average Bonchev–Trinajstić information content (AvgIpc) is 2.32.